The van der Waals surface area contributed by atoms with Crippen molar-refractivity contribution in [1.29, 1.82) is 0 Å². The van der Waals surface area contributed by atoms with Gasteiger partial charge in [0.15, 0.2) is 5.82 Å². The molecule has 0 unspecified atom stereocenters. The summed E-state index contributed by atoms with van der Waals surface area (Å²) in [6, 6.07) is 0. The van der Waals surface area contributed by atoms with Crippen LogP contribution in [-0.2, 0) is 6.42 Å². The van der Waals surface area contributed by atoms with Crippen molar-refractivity contribution < 1.29 is 0 Å². The molecule has 0 atom stereocenters. The third-order valence-electron chi connectivity index (χ3n) is 3.81. The fourth-order valence-corrected chi connectivity index (χ4v) is 3.38. The summed E-state index contributed by atoms with van der Waals surface area (Å²) in [5.41, 5.74) is 0.879. The Balaban J connectivity index is 1.56. The van der Waals surface area contributed by atoms with E-state index < -0.39 is 0 Å². The topological polar surface area (TPSA) is 60.6 Å². The van der Waals surface area contributed by atoms with Gasteiger partial charge in [-0.3, -0.25) is 10.2 Å². The highest BCUT2D eigenvalue weighted by molar-refractivity contribution is 7.71. The molecule has 0 bridgehead atoms. The molecule has 0 saturated carbocycles. The van der Waals surface area contributed by atoms with E-state index in [9.17, 15) is 0 Å². The number of aromatic nitrogens is 4. The SMILES string of the molecule is CC1CCN(CCc2nc(-c3nc(=S)[nH][nH]3)cs2)CC1. The first-order chi connectivity index (χ1) is 9.70. The highest BCUT2D eigenvalue weighted by atomic mass is 32.1. The number of aromatic amines is 2. The van der Waals surface area contributed by atoms with Crippen molar-refractivity contribution in [3.63, 3.8) is 0 Å². The van der Waals surface area contributed by atoms with E-state index in [2.05, 4.69) is 32.0 Å². The van der Waals surface area contributed by atoms with Crippen molar-refractivity contribution in [3.8, 4) is 11.5 Å². The molecule has 1 aliphatic heterocycles. The molecule has 2 aromatic heterocycles. The van der Waals surface area contributed by atoms with E-state index in [4.69, 9.17) is 12.2 Å². The predicted octanol–water partition coefficient (Wildman–Crippen LogP) is 2.87. The van der Waals surface area contributed by atoms with Gasteiger partial charge in [0.05, 0.1) is 5.01 Å². The Morgan fingerprint density at radius 2 is 2.15 bits per heavy atom. The number of H-pyrrole nitrogens is 2. The van der Waals surface area contributed by atoms with Gasteiger partial charge in [-0.25, -0.2) is 4.98 Å². The van der Waals surface area contributed by atoms with E-state index in [1.807, 2.05) is 5.38 Å². The van der Waals surface area contributed by atoms with Crippen LogP contribution in [0.3, 0.4) is 0 Å². The minimum Gasteiger partial charge on any atom is -0.303 e. The van der Waals surface area contributed by atoms with Crippen LogP contribution in [0.4, 0.5) is 0 Å². The van der Waals surface area contributed by atoms with Gasteiger partial charge in [0.1, 0.15) is 5.69 Å². The van der Waals surface area contributed by atoms with E-state index in [1.165, 1.54) is 30.9 Å². The molecule has 0 radical (unpaired) electrons. The van der Waals surface area contributed by atoms with Gasteiger partial charge in [0.2, 0.25) is 4.77 Å². The largest absolute Gasteiger partial charge is 0.303 e. The third-order valence-corrected chi connectivity index (χ3v) is 4.92. The van der Waals surface area contributed by atoms with Gasteiger partial charge < -0.3 is 4.90 Å². The van der Waals surface area contributed by atoms with Crippen LogP contribution in [0.25, 0.3) is 11.5 Å². The van der Waals surface area contributed by atoms with Crippen molar-refractivity contribution in [2.45, 2.75) is 26.2 Å². The van der Waals surface area contributed by atoms with E-state index >= 15 is 0 Å². The molecule has 20 heavy (non-hydrogen) atoms. The Hall–Kier alpha value is -1.05. The van der Waals surface area contributed by atoms with E-state index in [-0.39, 0.29) is 0 Å². The first-order valence-electron chi connectivity index (χ1n) is 7.02. The number of piperidine rings is 1. The quantitative estimate of drug-likeness (QED) is 0.853. The second-order valence-electron chi connectivity index (χ2n) is 5.42. The van der Waals surface area contributed by atoms with Gasteiger partial charge >= 0.3 is 0 Å². The van der Waals surface area contributed by atoms with E-state index in [0.29, 0.717) is 4.77 Å². The normalized spacial score (nSPS) is 17.6. The zero-order valence-electron chi connectivity index (χ0n) is 11.6. The van der Waals surface area contributed by atoms with Gasteiger partial charge in [0.25, 0.3) is 0 Å². The van der Waals surface area contributed by atoms with Crippen molar-refractivity contribution in [3.05, 3.63) is 15.2 Å². The molecule has 108 valence electrons. The first-order valence-corrected chi connectivity index (χ1v) is 8.31. The molecular formula is C13H19N5S2. The van der Waals surface area contributed by atoms with Gasteiger partial charge in [-0.2, -0.15) is 4.98 Å². The van der Waals surface area contributed by atoms with E-state index in [1.54, 1.807) is 11.3 Å². The molecule has 1 saturated heterocycles. The van der Waals surface area contributed by atoms with Crippen LogP contribution < -0.4 is 0 Å². The van der Waals surface area contributed by atoms with Crippen LogP contribution in [0.5, 0.6) is 0 Å². The summed E-state index contributed by atoms with van der Waals surface area (Å²) in [7, 11) is 0. The second-order valence-corrected chi connectivity index (χ2v) is 6.75. The molecule has 3 heterocycles. The average Bonchev–Trinajstić information content (AvgIpc) is 3.07. The van der Waals surface area contributed by atoms with Crippen LogP contribution in [0.1, 0.15) is 24.8 Å². The zero-order valence-corrected chi connectivity index (χ0v) is 13.2. The molecule has 0 amide bonds. The van der Waals surface area contributed by atoms with Crippen molar-refractivity contribution in [1.82, 2.24) is 25.1 Å². The molecule has 7 heteroatoms. The highest BCUT2D eigenvalue weighted by Gasteiger charge is 2.16. The van der Waals surface area contributed by atoms with Crippen molar-refractivity contribution in [2.75, 3.05) is 19.6 Å². The number of nitrogens with zero attached hydrogens (tertiary/aromatic N) is 3. The summed E-state index contributed by atoms with van der Waals surface area (Å²) in [4.78, 5) is 11.4. The molecule has 2 aromatic rings. The molecular weight excluding hydrogens is 290 g/mol. The minimum atomic E-state index is 0.469. The lowest BCUT2D eigenvalue weighted by Gasteiger charge is -2.29. The van der Waals surface area contributed by atoms with Crippen LogP contribution >= 0.6 is 23.6 Å². The van der Waals surface area contributed by atoms with Crippen LogP contribution in [0.2, 0.25) is 0 Å². The van der Waals surface area contributed by atoms with Gasteiger partial charge in [-0.05, 0) is 44.1 Å². The molecule has 1 fully saturated rings. The second kappa shape index (κ2) is 6.15. The summed E-state index contributed by atoms with van der Waals surface area (Å²) in [5.74, 6) is 1.62. The maximum absolute atomic E-state index is 4.96. The molecule has 3 rings (SSSR count). The fraction of sp³-hybridized carbons (Fsp3) is 0.615. The molecule has 0 aliphatic carbocycles. The number of nitrogens with one attached hydrogen (secondary N) is 2. The van der Waals surface area contributed by atoms with E-state index in [0.717, 1.165) is 30.4 Å². The van der Waals surface area contributed by atoms with Gasteiger partial charge in [-0.15, -0.1) is 11.3 Å². The van der Waals surface area contributed by atoms with Crippen LogP contribution in [-0.4, -0.2) is 44.7 Å². The Bertz CT molecular complexity index is 606. The fourth-order valence-electron chi connectivity index (χ4n) is 2.47. The minimum absolute atomic E-state index is 0.469. The first kappa shape index (κ1) is 13.9. The maximum atomic E-state index is 4.96. The summed E-state index contributed by atoms with van der Waals surface area (Å²) in [6.45, 7) is 5.91. The number of rotatable bonds is 4. The lowest BCUT2D eigenvalue weighted by atomic mass is 9.99. The molecule has 1 aliphatic rings. The Morgan fingerprint density at radius 1 is 1.35 bits per heavy atom. The average molecular weight is 309 g/mol. The lowest BCUT2D eigenvalue weighted by Crippen LogP contribution is -2.34. The van der Waals surface area contributed by atoms with Crippen LogP contribution in [0.15, 0.2) is 5.38 Å². The zero-order chi connectivity index (χ0) is 13.9. The molecule has 0 aromatic carbocycles. The Labute approximate surface area is 127 Å². The van der Waals surface area contributed by atoms with Crippen LogP contribution in [0, 0.1) is 10.7 Å². The van der Waals surface area contributed by atoms with Crippen molar-refractivity contribution in [2.24, 2.45) is 5.92 Å². The lowest BCUT2D eigenvalue weighted by molar-refractivity contribution is 0.194. The predicted molar refractivity (Wildman–Crippen MR) is 83.4 cm³/mol. The van der Waals surface area contributed by atoms with Crippen molar-refractivity contribution >= 4 is 23.6 Å². The summed E-state index contributed by atoms with van der Waals surface area (Å²) >= 11 is 6.65. The monoisotopic (exact) mass is 309 g/mol. The number of hydrogen-bond donors (Lipinski definition) is 2. The molecule has 2 N–H and O–H groups in total. The number of likely N-dealkylation sites (tertiary alicyclic amines) is 1. The number of thiazole rings is 1. The Kier molecular flexibility index (Phi) is 4.28. The third kappa shape index (κ3) is 3.34. The number of hydrogen-bond acceptors (Lipinski definition) is 5. The standard InChI is InChI=1S/C13H19N5S2/c1-9-2-5-18(6-3-9)7-4-11-14-10(8-20-11)12-15-13(19)17-16-12/h8-9H,2-7H2,1H3,(H2,15,16,17,19). The summed E-state index contributed by atoms with van der Waals surface area (Å²) in [6.07, 6.45) is 3.67. The summed E-state index contributed by atoms with van der Waals surface area (Å²) in [5, 5.41) is 8.94. The smallest absolute Gasteiger partial charge is 0.213 e. The Morgan fingerprint density at radius 3 is 2.85 bits per heavy atom. The highest BCUT2D eigenvalue weighted by Crippen LogP contribution is 2.20. The maximum Gasteiger partial charge on any atom is 0.213 e. The molecule has 0 spiro atoms. The summed E-state index contributed by atoms with van der Waals surface area (Å²) < 4.78 is 0.469. The molecule has 5 nitrogen and oxygen atoms in total. The van der Waals surface area contributed by atoms with Gasteiger partial charge in [-0.1, -0.05) is 6.92 Å². The van der Waals surface area contributed by atoms with Gasteiger partial charge in [0, 0.05) is 18.3 Å².